The number of carbonyl (C=O) groups is 1. The first kappa shape index (κ1) is 23.8. The number of amides is 1. The molecule has 0 aliphatic carbocycles. The van der Waals surface area contributed by atoms with Crippen molar-refractivity contribution in [2.75, 3.05) is 11.2 Å². The molecule has 2 aromatic carbocycles. The fourth-order valence-corrected chi connectivity index (χ4v) is 4.95. The maximum absolute atomic E-state index is 13.5. The molecule has 0 unspecified atom stereocenters. The highest BCUT2D eigenvalue weighted by Crippen LogP contribution is 2.33. The second-order valence-electron chi connectivity index (χ2n) is 7.40. The predicted molar refractivity (Wildman–Crippen MR) is 127 cm³/mol. The van der Waals surface area contributed by atoms with Gasteiger partial charge in [-0.15, -0.1) is 0 Å². The summed E-state index contributed by atoms with van der Waals surface area (Å²) in [5.74, 6) is -0.761. The number of hydrogen-bond acceptors (Lipinski definition) is 10. The molecule has 2 heterocycles. The Morgan fingerprint density at radius 3 is 2.31 bits per heavy atom. The molecular formula is C21H15N5O7S2. The van der Waals surface area contributed by atoms with Crippen LogP contribution in [0.1, 0.15) is 15.9 Å². The minimum atomic E-state index is -3.48. The van der Waals surface area contributed by atoms with Crippen LogP contribution in [0.25, 0.3) is 10.2 Å². The highest BCUT2D eigenvalue weighted by Gasteiger charge is 2.26. The van der Waals surface area contributed by atoms with Crippen LogP contribution in [0, 0.1) is 20.2 Å². The van der Waals surface area contributed by atoms with Crippen molar-refractivity contribution in [2.24, 2.45) is 0 Å². The van der Waals surface area contributed by atoms with E-state index in [0.29, 0.717) is 15.8 Å². The number of nitro benzene ring substituents is 2. The van der Waals surface area contributed by atoms with Crippen LogP contribution in [0.5, 0.6) is 0 Å². The number of carbonyl (C=O) groups excluding carboxylic acids is 1. The number of pyridine rings is 1. The van der Waals surface area contributed by atoms with Crippen molar-refractivity contribution in [2.45, 2.75) is 11.4 Å². The van der Waals surface area contributed by atoms with Gasteiger partial charge in [0.15, 0.2) is 15.0 Å². The summed E-state index contributed by atoms with van der Waals surface area (Å²) in [5, 5.41) is 22.8. The van der Waals surface area contributed by atoms with Gasteiger partial charge in [-0.3, -0.25) is 34.9 Å². The van der Waals surface area contributed by atoms with E-state index in [1.54, 1.807) is 18.3 Å². The van der Waals surface area contributed by atoms with Crippen molar-refractivity contribution in [1.82, 2.24) is 9.97 Å². The molecule has 0 aliphatic heterocycles. The van der Waals surface area contributed by atoms with E-state index in [1.807, 2.05) is 0 Å². The number of aromatic nitrogens is 2. The zero-order valence-corrected chi connectivity index (χ0v) is 19.5. The van der Waals surface area contributed by atoms with Crippen LogP contribution in [0.4, 0.5) is 16.5 Å². The number of nitro groups is 2. The van der Waals surface area contributed by atoms with Crippen LogP contribution < -0.4 is 4.90 Å². The molecule has 35 heavy (non-hydrogen) atoms. The molecule has 0 N–H and O–H groups in total. The van der Waals surface area contributed by atoms with E-state index >= 15 is 0 Å². The molecule has 12 nitrogen and oxygen atoms in total. The zero-order chi connectivity index (χ0) is 25.3. The Morgan fingerprint density at radius 1 is 1.06 bits per heavy atom. The van der Waals surface area contributed by atoms with E-state index in [4.69, 9.17) is 0 Å². The van der Waals surface area contributed by atoms with Crippen molar-refractivity contribution < 1.29 is 23.1 Å². The summed E-state index contributed by atoms with van der Waals surface area (Å²) in [5.41, 5.74) is -0.439. The average Bonchev–Trinajstić information content (AvgIpc) is 3.25. The highest BCUT2D eigenvalue weighted by atomic mass is 32.2. The van der Waals surface area contributed by atoms with Crippen LogP contribution in [0.2, 0.25) is 0 Å². The molecular weight excluding hydrogens is 498 g/mol. The molecule has 14 heteroatoms. The topological polar surface area (TPSA) is 167 Å². The first-order valence-electron chi connectivity index (χ1n) is 9.78. The van der Waals surface area contributed by atoms with E-state index in [9.17, 15) is 33.4 Å². The van der Waals surface area contributed by atoms with Gasteiger partial charge >= 0.3 is 0 Å². The van der Waals surface area contributed by atoms with Gasteiger partial charge in [0.1, 0.15) is 0 Å². The van der Waals surface area contributed by atoms with Crippen LogP contribution in [-0.4, -0.2) is 40.4 Å². The normalized spacial score (nSPS) is 11.3. The SMILES string of the molecule is CS(=O)(=O)c1ccc2nc(N(Cc3cccnc3)C(=O)c3cc([N+](=O)[O-])cc([N+](=O)[O-])c3)sc2c1. The number of benzene rings is 2. The maximum atomic E-state index is 13.5. The van der Waals surface area contributed by atoms with Gasteiger partial charge in [-0.05, 0) is 29.8 Å². The molecule has 4 aromatic rings. The van der Waals surface area contributed by atoms with E-state index in [2.05, 4.69) is 9.97 Å². The minimum Gasteiger partial charge on any atom is -0.279 e. The summed E-state index contributed by atoms with van der Waals surface area (Å²) in [7, 11) is -3.48. The molecule has 0 aliphatic rings. The van der Waals surface area contributed by atoms with E-state index < -0.39 is 37.0 Å². The van der Waals surface area contributed by atoms with Crippen molar-refractivity contribution in [3.05, 3.63) is 92.3 Å². The number of non-ortho nitro benzene ring substituents is 2. The van der Waals surface area contributed by atoms with Gasteiger partial charge in [-0.2, -0.15) is 0 Å². The summed E-state index contributed by atoms with van der Waals surface area (Å²) in [6.45, 7) is -0.0398. The largest absolute Gasteiger partial charge is 0.279 e. The second-order valence-corrected chi connectivity index (χ2v) is 10.4. The lowest BCUT2D eigenvalue weighted by Gasteiger charge is -2.20. The molecule has 0 saturated heterocycles. The van der Waals surface area contributed by atoms with Crippen LogP contribution in [0.3, 0.4) is 0 Å². The Bertz CT molecular complexity index is 1550. The zero-order valence-electron chi connectivity index (χ0n) is 17.9. The lowest BCUT2D eigenvalue weighted by Crippen LogP contribution is -2.30. The Kier molecular flexibility index (Phi) is 6.24. The molecule has 2 aromatic heterocycles. The van der Waals surface area contributed by atoms with Gasteiger partial charge in [-0.1, -0.05) is 17.4 Å². The van der Waals surface area contributed by atoms with Crippen molar-refractivity contribution >= 4 is 53.8 Å². The van der Waals surface area contributed by atoms with Gasteiger partial charge in [0.05, 0.1) is 43.1 Å². The quantitative estimate of drug-likeness (QED) is 0.264. The fraction of sp³-hybridized carbons (Fsp3) is 0.0952. The number of sulfone groups is 1. The molecule has 0 saturated carbocycles. The van der Waals surface area contributed by atoms with E-state index in [-0.39, 0.29) is 22.1 Å². The molecule has 0 atom stereocenters. The molecule has 0 bridgehead atoms. The van der Waals surface area contributed by atoms with Crippen LogP contribution in [-0.2, 0) is 16.4 Å². The Morgan fingerprint density at radius 2 is 1.74 bits per heavy atom. The molecule has 0 fully saturated rings. The highest BCUT2D eigenvalue weighted by molar-refractivity contribution is 7.90. The number of rotatable bonds is 7. The van der Waals surface area contributed by atoms with Gasteiger partial charge in [0, 0.05) is 30.8 Å². The Balaban J connectivity index is 1.84. The summed E-state index contributed by atoms with van der Waals surface area (Å²) >= 11 is 1.04. The first-order valence-corrected chi connectivity index (χ1v) is 12.5. The van der Waals surface area contributed by atoms with Crippen molar-refractivity contribution in [3.63, 3.8) is 0 Å². The summed E-state index contributed by atoms with van der Waals surface area (Å²) < 4.78 is 24.4. The molecule has 0 radical (unpaired) electrons. The minimum absolute atomic E-state index is 0.0398. The van der Waals surface area contributed by atoms with Gasteiger partial charge < -0.3 is 0 Å². The Hall–Kier alpha value is -4.30. The Labute approximate surface area is 201 Å². The summed E-state index contributed by atoms with van der Waals surface area (Å²) in [4.78, 5) is 44.2. The predicted octanol–water partition coefficient (Wildman–Crippen LogP) is 3.76. The van der Waals surface area contributed by atoms with Gasteiger partial charge in [0.2, 0.25) is 0 Å². The van der Waals surface area contributed by atoms with Crippen LogP contribution >= 0.6 is 11.3 Å². The third-order valence-corrected chi connectivity index (χ3v) is 7.04. The van der Waals surface area contributed by atoms with Gasteiger partial charge in [-0.25, -0.2) is 13.4 Å². The number of thiazole rings is 1. The number of fused-ring (bicyclic) bond motifs is 1. The van der Waals surface area contributed by atoms with Gasteiger partial charge in [0.25, 0.3) is 17.3 Å². The smallest absolute Gasteiger partial charge is 0.277 e. The number of hydrogen-bond donors (Lipinski definition) is 0. The second kappa shape index (κ2) is 9.15. The fourth-order valence-electron chi connectivity index (χ4n) is 3.22. The average molecular weight is 514 g/mol. The molecule has 1 amide bonds. The summed E-state index contributed by atoms with van der Waals surface area (Å²) in [6.07, 6.45) is 4.14. The van der Waals surface area contributed by atoms with E-state index in [1.165, 1.54) is 29.3 Å². The van der Waals surface area contributed by atoms with Crippen molar-refractivity contribution in [3.8, 4) is 0 Å². The maximum Gasteiger partial charge on any atom is 0.277 e. The molecule has 4 rings (SSSR count). The third-order valence-electron chi connectivity index (χ3n) is 4.89. The standard InChI is InChI=1S/C21H15N5O7S2/c1-35(32,33)17-4-5-18-19(10-17)34-21(23-18)24(12-13-3-2-6-22-11-13)20(27)14-7-15(25(28)29)9-16(8-14)26(30)31/h2-11H,12H2,1H3. The molecule has 0 spiro atoms. The molecule has 178 valence electrons. The third kappa shape index (κ3) is 5.12. The lowest BCUT2D eigenvalue weighted by molar-refractivity contribution is -0.394. The van der Waals surface area contributed by atoms with E-state index in [0.717, 1.165) is 35.8 Å². The number of nitrogens with zero attached hydrogens (tertiary/aromatic N) is 5. The van der Waals surface area contributed by atoms with Crippen molar-refractivity contribution in [1.29, 1.82) is 0 Å². The monoisotopic (exact) mass is 513 g/mol. The summed E-state index contributed by atoms with van der Waals surface area (Å²) in [6, 6.07) is 10.4. The van der Waals surface area contributed by atoms with Crippen LogP contribution in [0.15, 0.2) is 65.8 Å². The first-order chi connectivity index (χ1) is 16.5. The number of anilines is 1. The lowest BCUT2D eigenvalue weighted by atomic mass is 10.1.